The maximum atomic E-state index is 5.39. The van der Waals surface area contributed by atoms with Gasteiger partial charge in [-0.3, -0.25) is 0 Å². The first-order valence-corrected chi connectivity index (χ1v) is 7.15. The van der Waals surface area contributed by atoms with Crippen LogP contribution in [0.4, 0.5) is 5.69 Å². The Balaban J connectivity index is 1.99. The molecule has 0 radical (unpaired) electrons. The fourth-order valence-electron chi connectivity index (χ4n) is 2.46. The molecule has 4 heteroatoms. The Kier molecular flexibility index (Phi) is 4.89. The van der Waals surface area contributed by atoms with E-state index in [2.05, 4.69) is 27.3 Å². The van der Waals surface area contributed by atoms with Gasteiger partial charge in [-0.2, -0.15) is 0 Å². The van der Waals surface area contributed by atoms with E-state index in [9.17, 15) is 0 Å². The van der Waals surface area contributed by atoms with Gasteiger partial charge >= 0.3 is 0 Å². The monoisotopic (exact) mass is 313 g/mol. The van der Waals surface area contributed by atoms with Gasteiger partial charge in [-0.1, -0.05) is 15.9 Å². The van der Waals surface area contributed by atoms with E-state index < -0.39 is 0 Å². The number of hydrogen-bond acceptors (Lipinski definition) is 3. The second kappa shape index (κ2) is 6.43. The second-order valence-corrected chi connectivity index (χ2v) is 5.61. The minimum Gasteiger partial charge on any atom is -0.495 e. The summed E-state index contributed by atoms with van der Waals surface area (Å²) in [5, 5.41) is 3.58. The van der Waals surface area contributed by atoms with Crippen molar-refractivity contribution in [1.82, 2.24) is 0 Å². The molecule has 0 amide bonds. The third-order valence-electron chi connectivity index (χ3n) is 3.53. The summed E-state index contributed by atoms with van der Waals surface area (Å²) in [6.45, 7) is 0. The predicted molar refractivity (Wildman–Crippen MR) is 77.4 cm³/mol. The van der Waals surface area contributed by atoms with Gasteiger partial charge in [-0.05, 0) is 43.9 Å². The van der Waals surface area contributed by atoms with Crippen molar-refractivity contribution in [3.63, 3.8) is 0 Å². The first kappa shape index (κ1) is 13.7. The Morgan fingerprint density at radius 3 is 2.50 bits per heavy atom. The van der Waals surface area contributed by atoms with Crippen LogP contribution in [0.2, 0.25) is 0 Å². The summed E-state index contributed by atoms with van der Waals surface area (Å²) in [6.07, 6.45) is 4.99. The quantitative estimate of drug-likeness (QED) is 0.916. The molecule has 100 valence electrons. The zero-order valence-electron chi connectivity index (χ0n) is 10.9. The Labute approximate surface area is 117 Å². The van der Waals surface area contributed by atoms with Crippen molar-refractivity contribution < 1.29 is 9.47 Å². The van der Waals surface area contributed by atoms with Gasteiger partial charge in [0.2, 0.25) is 0 Å². The summed E-state index contributed by atoms with van der Waals surface area (Å²) in [5.41, 5.74) is 1.06. The molecule has 0 spiro atoms. The second-order valence-electron chi connectivity index (χ2n) is 4.70. The lowest BCUT2D eigenvalue weighted by atomic mass is 9.93. The summed E-state index contributed by atoms with van der Waals surface area (Å²) in [7, 11) is 3.51. The molecule has 1 aromatic carbocycles. The van der Waals surface area contributed by atoms with Gasteiger partial charge in [0.15, 0.2) is 0 Å². The lowest BCUT2D eigenvalue weighted by molar-refractivity contribution is 0.0681. The zero-order valence-corrected chi connectivity index (χ0v) is 12.5. The minimum absolute atomic E-state index is 0.437. The molecule has 3 nitrogen and oxygen atoms in total. The largest absolute Gasteiger partial charge is 0.495 e. The van der Waals surface area contributed by atoms with Crippen LogP contribution in [-0.4, -0.2) is 26.4 Å². The van der Waals surface area contributed by atoms with Gasteiger partial charge in [0.25, 0.3) is 0 Å². The third kappa shape index (κ3) is 3.39. The van der Waals surface area contributed by atoms with Crippen LogP contribution in [0.5, 0.6) is 5.75 Å². The number of rotatable bonds is 4. The molecule has 1 aliphatic carbocycles. The highest BCUT2D eigenvalue weighted by molar-refractivity contribution is 9.10. The van der Waals surface area contributed by atoms with Crippen molar-refractivity contribution in [1.29, 1.82) is 0 Å². The molecular weight excluding hydrogens is 294 g/mol. The number of nitrogens with one attached hydrogen (secondary N) is 1. The van der Waals surface area contributed by atoms with Crippen molar-refractivity contribution in [2.45, 2.75) is 37.8 Å². The molecule has 0 heterocycles. The maximum Gasteiger partial charge on any atom is 0.142 e. The van der Waals surface area contributed by atoms with E-state index in [0.29, 0.717) is 12.1 Å². The highest BCUT2D eigenvalue weighted by atomic mass is 79.9. The Morgan fingerprint density at radius 2 is 1.89 bits per heavy atom. The van der Waals surface area contributed by atoms with Gasteiger partial charge in [-0.15, -0.1) is 0 Å². The molecule has 18 heavy (non-hydrogen) atoms. The third-order valence-corrected chi connectivity index (χ3v) is 4.02. The standard InChI is InChI=1S/C14H20BrNO2/c1-17-12-6-4-11(5-7-12)16-13-9-10(15)3-8-14(13)18-2/h3,8-9,11-12,16H,4-7H2,1-2H3. The first-order valence-electron chi connectivity index (χ1n) is 6.36. The Morgan fingerprint density at radius 1 is 1.17 bits per heavy atom. The van der Waals surface area contributed by atoms with Crippen LogP contribution in [0, 0.1) is 0 Å². The Hall–Kier alpha value is -0.740. The van der Waals surface area contributed by atoms with E-state index in [1.54, 1.807) is 14.2 Å². The molecule has 1 saturated carbocycles. The maximum absolute atomic E-state index is 5.39. The number of ether oxygens (including phenoxy) is 2. The molecule has 1 N–H and O–H groups in total. The predicted octanol–water partition coefficient (Wildman–Crippen LogP) is 3.83. The summed E-state index contributed by atoms with van der Waals surface area (Å²) in [4.78, 5) is 0. The van der Waals surface area contributed by atoms with Gasteiger partial charge in [0.05, 0.1) is 18.9 Å². The van der Waals surface area contributed by atoms with E-state index in [1.165, 1.54) is 0 Å². The molecular formula is C14H20BrNO2. The fourth-order valence-corrected chi connectivity index (χ4v) is 2.82. The molecule has 0 atom stereocenters. The number of benzene rings is 1. The van der Waals surface area contributed by atoms with Crippen LogP contribution in [-0.2, 0) is 4.74 Å². The summed E-state index contributed by atoms with van der Waals surface area (Å²) in [6, 6.07) is 6.56. The van der Waals surface area contributed by atoms with E-state index in [-0.39, 0.29) is 0 Å². The highest BCUT2D eigenvalue weighted by Gasteiger charge is 2.21. The lowest BCUT2D eigenvalue weighted by Gasteiger charge is -2.29. The molecule has 0 saturated heterocycles. The molecule has 0 aromatic heterocycles. The van der Waals surface area contributed by atoms with Gasteiger partial charge in [0, 0.05) is 17.6 Å². The van der Waals surface area contributed by atoms with Gasteiger partial charge in [0.1, 0.15) is 5.75 Å². The molecule has 0 unspecified atom stereocenters. The van der Waals surface area contributed by atoms with Crippen molar-refractivity contribution in [3.05, 3.63) is 22.7 Å². The average Bonchev–Trinajstić information content (AvgIpc) is 2.40. The molecule has 0 bridgehead atoms. The molecule has 1 aromatic rings. The van der Waals surface area contributed by atoms with Crippen molar-refractivity contribution >= 4 is 21.6 Å². The fraction of sp³-hybridized carbons (Fsp3) is 0.571. The van der Waals surface area contributed by atoms with Crippen LogP contribution >= 0.6 is 15.9 Å². The number of methoxy groups -OCH3 is 2. The van der Waals surface area contributed by atoms with Crippen molar-refractivity contribution in [2.75, 3.05) is 19.5 Å². The van der Waals surface area contributed by atoms with Gasteiger partial charge < -0.3 is 14.8 Å². The van der Waals surface area contributed by atoms with E-state index >= 15 is 0 Å². The number of halogens is 1. The van der Waals surface area contributed by atoms with Crippen LogP contribution in [0.1, 0.15) is 25.7 Å². The summed E-state index contributed by atoms with van der Waals surface area (Å²) in [5.74, 6) is 0.895. The highest BCUT2D eigenvalue weighted by Crippen LogP contribution is 2.31. The summed E-state index contributed by atoms with van der Waals surface area (Å²) >= 11 is 3.50. The normalized spacial score (nSPS) is 23.7. The molecule has 1 fully saturated rings. The van der Waals surface area contributed by atoms with Crippen LogP contribution in [0.3, 0.4) is 0 Å². The SMILES string of the molecule is COc1ccc(Br)cc1NC1CCC(OC)CC1. The van der Waals surface area contributed by atoms with Crippen LogP contribution in [0.15, 0.2) is 22.7 Å². The van der Waals surface area contributed by atoms with E-state index in [0.717, 1.165) is 41.6 Å². The molecule has 2 rings (SSSR count). The van der Waals surface area contributed by atoms with E-state index in [1.807, 2.05) is 12.1 Å². The van der Waals surface area contributed by atoms with E-state index in [4.69, 9.17) is 9.47 Å². The topological polar surface area (TPSA) is 30.5 Å². The van der Waals surface area contributed by atoms with Crippen molar-refractivity contribution in [2.24, 2.45) is 0 Å². The smallest absolute Gasteiger partial charge is 0.142 e. The summed E-state index contributed by atoms with van der Waals surface area (Å²) < 4.78 is 11.8. The zero-order chi connectivity index (χ0) is 13.0. The molecule has 1 aliphatic rings. The lowest BCUT2D eigenvalue weighted by Crippen LogP contribution is -2.29. The number of anilines is 1. The van der Waals surface area contributed by atoms with Crippen LogP contribution in [0.25, 0.3) is 0 Å². The minimum atomic E-state index is 0.437. The Bertz CT molecular complexity index is 389. The van der Waals surface area contributed by atoms with Gasteiger partial charge in [-0.25, -0.2) is 0 Å². The number of hydrogen-bond donors (Lipinski definition) is 1. The van der Waals surface area contributed by atoms with Crippen molar-refractivity contribution in [3.8, 4) is 5.75 Å². The average molecular weight is 314 g/mol. The first-order chi connectivity index (χ1) is 8.72. The van der Waals surface area contributed by atoms with Crippen LogP contribution < -0.4 is 10.1 Å². The molecule has 0 aliphatic heterocycles.